The van der Waals surface area contributed by atoms with E-state index in [1.165, 1.54) is 6.92 Å². The second-order valence-corrected chi connectivity index (χ2v) is 22.2. The van der Waals surface area contributed by atoms with Crippen LogP contribution in [-0.2, 0) is 52.0 Å². The minimum Gasteiger partial charge on any atom is -0.460 e. The van der Waals surface area contributed by atoms with Crippen LogP contribution in [-0.4, -0.2) is 94.6 Å². The van der Waals surface area contributed by atoms with Crippen molar-refractivity contribution in [3.05, 3.63) is 36.0 Å². The highest BCUT2D eigenvalue weighted by Crippen LogP contribution is 2.40. The molecular weight excluding hydrogens is 733 g/mol. The van der Waals surface area contributed by atoms with Crippen LogP contribution < -0.4 is 0 Å². The molecule has 2 aliphatic rings. The average molecular weight is 809 g/mol. The Kier molecular flexibility index (Phi) is 20.2. The van der Waals surface area contributed by atoms with Crippen LogP contribution in [0.15, 0.2) is 36.0 Å². The van der Waals surface area contributed by atoms with Crippen LogP contribution in [0.1, 0.15) is 122 Å². The van der Waals surface area contributed by atoms with Crippen LogP contribution in [0, 0.1) is 17.8 Å². The molecule has 2 rings (SSSR count). The molecule has 0 radical (unpaired) electrons. The van der Waals surface area contributed by atoms with Gasteiger partial charge in [-0.15, -0.1) is 0 Å². The van der Waals surface area contributed by atoms with Crippen molar-refractivity contribution in [2.24, 2.45) is 17.8 Å². The van der Waals surface area contributed by atoms with E-state index in [1.54, 1.807) is 0 Å². The summed E-state index contributed by atoms with van der Waals surface area (Å²) in [7, 11) is -2.29. The van der Waals surface area contributed by atoms with Gasteiger partial charge in [0, 0.05) is 32.0 Å². The molecule has 0 aliphatic carbocycles. The summed E-state index contributed by atoms with van der Waals surface area (Å²) in [5.74, 6) is -1.07. The van der Waals surface area contributed by atoms with Gasteiger partial charge in [-0.3, -0.25) is 9.59 Å². The fraction of sp³-hybridized carbons (Fsp3) is 0.795. The van der Waals surface area contributed by atoms with E-state index in [1.807, 2.05) is 72.8 Å². The Hall–Kier alpha value is -2.35. The van der Waals surface area contributed by atoms with Gasteiger partial charge >= 0.3 is 17.9 Å². The standard InChI is InChI=1S/C44H76O11Si/c1-16-36(51-40(47)28-48-17-2)32(7)42-37(52-42)26-29(4)20-19-21-30(5)41-31(6)22-23-38(50-33(8)45)44(13,54-34(9)49-18-3)25-24-35(27-39(46)53-41)55-56(14,15)43(10,11)12/h19-23,29,31-32,34-38,41-42H,16-18,24-28H2,1-15H3/b20-19+,23-22-,30-21+. The fourth-order valence-corrected chi connectivity index (χ4v) is 8.37. The summed E-state index contributed by atoms with van der Waals surface area (Å²) in [5, 5.41) is -0.0754. The molecule has 0 N–H and O–H groups in total. The summed E-state index contributed by atoms with van der Waals surface area (Å²) in [6, 6.07) is 0. The van der Waals surface area contributed by atoms with Gasteiger partial charge in [-0.05, 0) is 96.0 Å². The molecule has 2 aliphatic heterocycles. The van der Waals surface area contributed by atoms with Gasteiger partial charge in [0.05, 0.1) is 24.7 Å². The second-order valence-electron chi connectivity index (χ2n) is 17.5. The summed E-state index contributed by atoms with van der Waals surface area (Å²) < 4.78 is 48.3. The van der Waals surface area contributed by atoms with Gasteiger partial charge in [0.15, 0.2) is 14.6 Å². The predicted molar refractivity (Wildman–Crippen MR) is 221 cm³/mol. The maximum atomic E-state index is 13.8. The van der Waals surface area contributed by atoms with Crippen LogP contribution in [0.2, 0.25) is 18.1 Å². The number of carbonyl (C=O) groups is 3. The highest BCUT2D eigenvalue weighted by molar-refractivity contribution is 6.74. The highest BCUT2D eigenvalue weighted by atomic mass is 28.4. The molecule has 0 aromatic rings. The maximum Gasteiger partial charge on any atom is 0.332 e. The van der Waals surface area contributed by atoms with Crippen LogP contribution in [0.3, 0.4) is 0 Å². The van der Waals surface area contributed by atoms with Crippen molar-refractivity contribution in [3.63, 3.8) is 0 Å². The number of hydrogen-bond acceptors (Lipinski definition) is 11. The van der Waals surface area contributed by atoms with Crippen molar-refractivity contribution in [2.45, 2.75) is 189 Å². The van der Waals surface area contributed by atoms with Crippen LogP contribution >= 0.6 is 0 Å². The first-order chi connectivity index (χ1) is 26.1. The number of rotatable bonds is 19. The van der Waals surface area contributed by atoms with Gasteiger partial charge in [-0.2, -0.15) is 0 Å². The first kappa shape index (κ1) is 49.8. The summed E-state index contributed by atoms with van der Waals surface area (Å²) in [5.41, 5.74) is -0.0961. The highest BCUT2D eigenvalue weighted by Gasteiger charge is 2.47. The average Bonchev–Trinajstić information content (AvgIpc) is 3.86. The molecule has 2 heterocycles. The Morgan fingerprint density at radius 2 is 1.75 bits per heavy atom. The van der Waals surface area contributed by atoms with Crippen molar-refractivity contribution < 1.29 is 52.0 Å². The lowest BCUT2D eigenvalue weighted by Crippen LogP contribution is -2.48. The monoisotopic (exact) mass is 809 g/mol. The Bertz CT molecular complexity index is 1340. The minimum atomic E-state index is -2.29. The number of cyclic esters (lactones) is 1. The maximum absolute atomic E-state index is 13.8. The first-order valence-corrected chi connectivity index (χ1v) is 23.8. The number of hydrogen-bond donors (Lipinski definition) is 0. The zero-order valence-corrected chi connectivity index (χ0v) is 38.3. The third-order valence-corrected chi connectivity index (χ3v) is 15.9. The molecule has 1 fully saturated rings. The summed E-state index contributed by atoms with van der Waals surface area (Å²) in [6.45, 7) is 30.9. The molecule has 0 bridgehead atoms. The second kappa shape index (κ2) is 22.7. The molecule has 1 saturated heterocycles. The summed E-state index contributed by atoms with van der Waals surface area (Å²) in [6.07, 6.45) is 10.1. The molecular formula is C44H76O11Si. The first-order valence-electron chi connectivity index (χ1n) is 20.9. The number of esters is 3. The lowest BCUT2D eigenvalue weighted by atomic mass is 9.88. The SMILES string of the molecule is CCOCC(=O)OC(CC)C(C)C1OC1CC(C)/C=C/C=C(\C)C1OC(=O)CC(O[Si](C)(C)C(C)(C)C)CCC(C)(OC(C)OCC)C(OC(C)=O)/C=C\C1C. The smallest absolute Gasteiger partial charge is 0.332 e. The quantitative estimate of drug-likeness (QED) is 0.0236. The van der Waals surface area contributed by atoms with Gasteiger partial charge in [0.25, 0.3) is 0 Å². The van der Waals surface area contributed by atoms with Gasteiger partial charge in [0.1, 0.15) is 30.5 Å². The molecule has 11 atom stereocenters. The molecule has 0 saturated carbocycles. The van der Waals surface area contributed by atoms with Gasteiger partial charge < -0.3 is 37.6 Å². The van der Waals surface area contributed by atoms with Gasteiger partial charge in [-0.25, -0.2) is 4.79 Å². The summed E-state index contributed by atoms with van der Waals surface area (Å²) >= 11 is 0. The van der Waals surface area contributed by atoms with Gasteiger partial charge in [0.2, 0.25) is 0 Å². The molecule has 12 heteroatoms. The van der Waals surface area contributed by atoms with E-state index in [0.29, 0.717) is 32.5 Å². The van der Waals surface area contributed by atoms with E-state index in [2.05, 4.69) is 53.8 Å². The van der Waals surface area contributed by atoms with E-state index in [9.17, 15) is 14.4 Å². The number of epoxide rings is 1. The topological polar surface area (TPSA) is 128 Å². The van der Waals surface area contributed by atoms with Crippen molar-refractivity contribution in [3.8, 4) is 0 Å². The van der Waals surface area contributed by atoms with Gasteiger partial charge in [-0.1, -0.05) is 72.8 Å². The van der Waals surface area contributed by atoms with E-state index < -0.39 is 44.5 Å². The molecule has 56 heavy (non-hydrogen) atoms. The van der Waals surface area contributed by atoms with Crippen molar-refractivity contribution >= 4 is 26.2 Å². The molecule has 0 aromatic heterocycles. The normalized spacial score (nSPS) is 29.6. The molecule has 0 spiro atoms. The number of ether oxygens (including phenoxy) is 7. The summed E-state index contributed by atoms with van der Waals surface area (Å²) in [4.78, 5) is 38.4. The van der Waals surface area contributed by atoms with Crippen LogP contribution in [0.4, 0.5) is 0 Å². The molecule has 0 aromatic carbocycles. The molecule has 11 unspecified atom stereocenters. The third kappa shape index (κ3) is 16.1. The third-order valence-electron chi connectivity index (χ3n) is 11.4. The number of allylic oxidation sites excluding steroid dienone is 3. The van der Waals surface area contributed by atoms with Crippen LogP contribution in [0.25, 0.3) is 0 Å². The zero-order chi connectivity index (χ0) is 42.4. The molecule has 322 valence electrons. The lowest BCUT2D eigenvalue weighted by molar-refractivity contribution is -0.227. The molecule has 11 nitrogen and oxygen atoms in total. The van der Waals surface area contributed by atoms with Crippen LogP contribution in [0.5, 0.6) is 0 Å². The van der Waals surface area contributed by atoms with E-state index in [4.69, 9.17) is 37.6 Å². The fourth-order valence-electron chi connectivity index (χ4n) is 6.98. The van der Waals surface area contributed by atoms with Crippen molar-refractivity contribution in [2.75, 3.05) is 19.8 Å². The predicted octanol–water partition coefficient (Wildman–Crippen LogP) is 9.04. The Labute approximate surface area is 339 Å². The lowest BCUT2D eigenvalue weighted by Gasteiger charge is -2.42. The zero-order valence-electron chi connectivity index (χ0n) is 37.3. The van der Waals surface area contributed by atoms with E-state index in [-0.39, 0.29) is 66.1 Å². The minimum absolute atomic E-state index is 0.0335. The Morgan fingerprint density at radius 3 is 2.34 bits per heavy atom. The largest absolute Gasteiger partial charge is 0.460 e. The Balaban J connectivity index is 2.33. The van der Waals surface area contributed by atoms with Crippen molar-refractivity contribution in [1.82, 2.24) is 0 Å². The molecule has 0 amide bonds. The number of carbonyl (C=O) groups excluding carboxylic acids is 3. The Morgan fingerprint density at radius 1 is 1.07 bits per heavy atom. The van der Waals surface area contributed by atoms with Crippen molar-refractivity contribution in [1.29, 1.82) is 0 Å². The van der Waals surface area contributed by atoms with E-state index >= 15 is 0 Å². The van der Waals surface area contributed by atoms with E-state index in [0.717, 1.165) is 12.0 Å².